The lowest BCUT2D eigenvalue weighted by Gasteiger charge is -1.99. The summed E-state index contributed by atoms with van der Waals surface area (Å²) in [6, 6.07) is 8.35. The second-order valence-electron chi connectivity index (χ2n) is 3.19. The molecule has 0 aliphatic carbocycles. The van der Waals surface area contributed by atoms with Gasteiger partial charge in [-0.3, -0.25) is 4.79 Å². The van der Waals surface area contributed by atoms with Crippen molar-refractivity contribution in [3.63, 3.8) is 0 Å². The number of carbonyl (C=O) groups is 1. The maximum Gasteiger partial charge on any atom is 0.221 e. The minimum Gasteiger partial charge on any atom is -0.281 e. The normalized spacial score (nSPS) is 9.07. The summed E-state index contributed by atoms with van der Waals surface area (Å²) >= 11 is 5.23. The van der Waals surface area contributed by atoms with Crippen LogP contribution >= 0.6 is 11.6 Å². The first-order valence-electron chi connectivity index (χ1n) is 5.42. The Labute approximate surface area is 97.5 Å². The molecule has 0 saturated carbocycles. The molecule has 0 saturated heterocycles. The molecule has 0 spiro atoms. The molecule has 0 aliphatic rings. The first-order chi connectivity index (χ1) is 7.18. The fourth-order valence-corrected chi connectivity index (χ4v) is 1.32. The van der Waals surface area contributed by atoms with Crippen molar-refractivity contribution in [1.29, 1.82) is 0 Å². The summed E-state index contributed by atoms with van der Waals surface area (Å²) in [5.74, 6) is 0. The minimum absolute atomic E-state index is 0.243. The summed E-state index contributed by atoms with van der Waals surface area (Å²) in [6.07, 6.45) is 2.24. The average Bonchev–Trinajstić information content (AvgIpc) is 2.23. The van der Waals surface area contributed by atoms with Gasteiger partial charge in [0.2, 0.25) is 5.24 Å². The first kappa shape index (κ1) is 14.2. The van der Waals surface area contributed by atoms with E-state index in [0.717, 1.165) is 12.8 Å². The molecule has 1 rings (SSSR count). The van der Waals surface area contributed by atoms with E-state index in [1.807, 2.05) is 13.8 Å². The highest BCUT2D eigenvalue weighted by Crippen LogP contribution is 2.07. The van der Waals surface area contributed by atoms with Crippen LogP contribution in [0.3, 0.4) is 0 Å². The quantitative estimate of drug-likeness (QED) is 0.707. The Balaban J connectivity index is 0.000000921. The second kappa shape index (κ2) is 8.49. The fourth-order valence-electron chi connectivity index (χ4n) is 1.19. The molecule has 2 heteroatoms. The number of carbonyl (C=O) groups excluding carboxylic acids is 1. The van der Waals surface area contributed by atoms with E-state index in [1.54, 1.807) is 0 Å². The van der Waals surface area contributed by atoms with Crippen molar-refractivity contribution in [2.75, 3.05) is 0 Å². The highest BCUT2D eigenvalue weighted by Gasteiger charge is 1.97. The fraction of sp³-hybridized carbons (Fsp3) is 0.462. The number of halogens is 1. The van der Waals surface area contributed by atoms with Crippen LogP contribution in [0.25, 0.3) is 0 Å². The van der Waals surface area contributed by atoms with Gasteiger partial charge in [0.15, 0.2) is 0 Å². The zero-order valence-corrected chi connectivity index (χ0v) is 10.5. The van der Waals surface area contributed by atoms with E-state index in [2.05, 4.69) is 31.2 Å². The van der Waals surface area contributed by atoms with Crippen LogP contribution in [-0.2, 0) is 11.2 Å². The topological polar surface area (TPSA) is 17.1 Å². The molecule has 0 unspecified atom stereocenters. The van der Waals surface area contributed by atoms with Gasteiger partial charge < -0.3 is 0 Å². The van der Waals surface area contributed by atoms with Crippen molar-refractivity contribution in [1.82, 2.24) is 0 Å². The van der Waals surface area contributed by atoms with Crippen molar-refractivity contribution < 1.29 is 4.79 Å². The minimum atomic E-state index is -0.243. The highest BCUT2D eigenvalue weighted by atomic mass is 35.5. The van der Waals surface area contributed by atoms with Gasteiger partial charge in [-0.15, -0.1) is 0 Å². The molecule has 0 radical (unpaired) electrons. The van der Waals surface area contributed by atoms with Crippen LogP contribution in [0.5, 0.6) is 0 Å². The zero-order chi connectivity index (χ0) is 11.7. The third kappa shape index (κ3) is 7.15. The van der Waals surface area contributed by atoms with Gasteiger partial charge >= 0.3 is 0 Å². The van der Waals surface area contributed by atoms with E-state index in [1.165, 1.54) is 11.1 Å². The molecule has 0 atom stereocenters. The van der Waals surface area contributed by atoms with Crippen molar-refractivity contribution >= 4 is 16.8 Å². The van der Waals surface area contributed by atoms with Crippen LogP contribution in [0, 0.1) is 6.92 Å². The Morgan fingerprint density at radius 3 is 2.20 bits per heavy atom. The third-order valence-electron chi connectivity index (χ3n) is 1.96. The summed E-state index contributed by atoms with van der Waals surface area (Å²) < 4.78 is 0. The Kier molecular flexibility index (Phi) is 8.02. The average molecular weight is 227 g/mol. The smallest absolute Gasteiger partial charge is 0.221 e. The summed E-state index contributed by atoms with van der Waals surface area (Å²) in [7, 11) is 0. The zero-order valence-electron chi connectivity index (χ0n) is 9.72. The molecule has 0 bridgehead atoms. The molecular formula is C13H19ClO. The predicted molar refractivity (Wildman–Crippen MR) is 66.3 cm³/mol. The molecule has 0 aliphatic heterocycles. The van der Waals surface area contributed by atoms with E-state index in [9.17, 15) is 4.79 Å². The molecule has 0 fully saturated rings. The van der Waals surface area contributed by atoms with E-state index in [-0.39, 0.29) is 5.24 Å². The molecule has 1 aromatic carbocycles. The lowest BCUT2D eigenvalue weighted by Crippen LogP contribution is -1.90. The van der Waals surface area contributed by atoms with Gasteiger partial charge in [0, 0.05) is 6.42 Å². The molecule has 0 N–H and O–H groups in total. The maximum absolute atomic E-state index is 10.5. The van der Waals surface area contributed by atoms with Crippen molar-refractivity contribution in [2.45, 2.75) is 40.0 Å². The standard InChI is InChI=1S/C11H13ClO.C2H6/c1-9-5-7-10(8-6-9)3-2-4-11(12)13;1-2/h5-8H,2-4H2,1H3;1-2H3. The van der Waals surface area contributed by atoms with Gasteiger partial charge in [-0.1, -0.05) is 43.7 Å². The Morgan fingerprint density at radius 1 is 1.20 bits per heavy atom. The van der Waals surface area contributed by atoms with Gasteiger partial charge in [0.1, 0.15) is 0 Å². The van der Waals surface area contributed by atoms with Crippen LogP contribution in [0.1, 0.15) is 37.8 Å². The molecule has 1 nitrogen and oxygen atoms in total. The van der Waals surface area contributed by atoms with E-state index in [4.69, 9.17) is 11.6 Å². The molecule has 0 amide bonds. The number of benzene rings is 1. The Morgan fingerprint density at radius 2 is 1.73 bits per heavy atom. The summed E-state index contributed by atoms with van der Waals surface area (Å²) in [5, 5.41) is -0.243. The van der Waals surface area contributed by atoms with Gasteiger partial charge in [-0.2, -0.15) is 0 Å². The molecule has 15 heavy (non-hydrogen) atoms. The molecule has 0 aromatic heterocycles. The van der Waals surface area contributed by atoms with Gasteiger partial charge in [0.05, 0.1) is 0 Å². The molecule has 1 aromatic rings. The SMILES string of the molecule is CC.Cc1ccc(CCCC(=O)Cl)cc1. The van der Waals surface area contributed by atoms with Gasteiger partial charge in [-0.05, 0) is 36.9 Å². The van der Waals surface area contributed by atoms with E-state index >= 15 is 0 Å². The Bertz CT molecular complexity index is 277. The van der Waals surface area contributed by atoms with Gasteiger partial charge in [-0.25, -0.2) is 0 Å². The Hall–Kier alpha value is -0.820. The number of hydrogen-bond donors (Lipinski definition) is 0. The van der Waals surface area contributed by atoms with Crippen LogP contribution in [0.2, 0.25) is 0 Å². The molecular weight excluding hydrogens is 208 g/mol. The summed E-state index contributed by atoms with van der Waals surface area (Å²) in [5.41, 5.74) is 2.53. The van der Waals surface area contributed by atoms with Crippen molar-refractivity contribution in [3.8, 4) is 0 Å². The van der Waals surface area contributed by atoms with Crippen molar-refractivity contribution in [2.24, 2.45) is 0 Å². The van der Waals surface area contributed by atoms with Crippen LogP contribution in [0.4, 0.5) is 0 Å². The van der Waals surface area contributed by atoms with E-state index in [0.29, 0.717) is 6.42 Å². The maximum atomic E-state index is 10.5. The lowest BCUT2D eigenvalue weighted by molar-refractivity contribution is -0.111. The summed E-state index contributed by atoms with van der Waals surface area (Å²) in [6.45, 7) is 6.06. The van der Waals surface area contributed by atoms with Crippen LogP contribution in [0.15, 0.2) is 24.3 Å². The highest BCUT2D eigenvalue weighted by molar-refractivity contribution is 6.63. The molecule has 0 heterocycles. The number of hydrogen-bond acceptors (Lipinski definition) is 1. The van der Waals surface area contributed by atoms with Crippen LogP contribution in [-0.4, -0.2) is 5.24 Å². The van der Waals surface area contributed by atoms with Crippen molar-refractivity contribution in [3.05, 3.63) is 35.4 Å². The van der Waals surface area contributed by atoms with Gasteiger partial charge in [0.25, 0.3) is 0 Å². The first-order valence-corrected chi connectivity index (χ1v) is 5.80. The predicted octanol–water partition coefficient (Wildman–Crippen LogP) is 4.11. The monoisotopic (exact) mass is 226 g/mol. The number of rotatable bonds is 4. The third-order valence-corrected chi connectivity index (χ3v) is 2.15. The lowest BCUT2D eigenvalue weighted by atomic mass is 10.1. The number of aryl methyl sites for hydroxylation is 2. The summed E-state index contributed by atoms with van der Waals surface area (Å²) in [4.78, 5) is 10.5. The molecule has 84 valence electrons. The largest absolute Gasteiger partial charge is 0.281 e. The second-order valence-corrected chi connectivity index (χ2v) is 3.62. The van der Waals surface area contributed by atoms with Crippen LogP contribution < -0.4 is 0 Å². The van der Waals surface area contributed by atoms with E-state index < -0.39 is 0 Å².